The van der Waals surface area contributed by atoms with Crippen LogP contribution in [0.3, 0.4) is 0 Å². The number of hydrogen-bond acceptors (Lipinski definition) is 5. The molecule has 1 saturated carbocycles. The van der Waals surface area contributed by atoms with Gasteiger partial charge in [-0.15, -0.1) is 0 Å². The van der Waals surface area contributed by atoms with E-state index in [2.05, 4.69) is 52.0 Å². The van der Waals surface area contributed by atoms with Crippen LogP contribution in [0.25, 0.3) is 0 Å². The molecule has 1 atom stereocenters. The molecule has 0 spiro atoms. The highest BCUT2D eigenvalue weighted by Gasteiger charge is 2.44. The molecule has 2 saturated heterocycles. The first-order chi connectivity index (χ1) is 18.9. The van der Waals surface area contributed by atoms with Gasteiger partial charge in [-0.25, -0.2) is 8.42 Å². The van der Waals surface area contributed by atoms with E-state index < -0.39 is 9.84 Å². The molecule has 3 fully saturated rings. The number of pyridine rings is 1. The van der Waals surface area contributed by atoms with Crippen molar-refractivity contribution in [1.29, 1.82) is 0 Å². The Morgan fingerprint density at radius 1 is 0.795 bits per heavy atom. The Morgan fingerprint density at radius 2 is 1.38 bits per heavy atom. The zero-order valence-electron chi connectivity index (χ0n) is 23.1. The number of benzene rings is 2. The second kappa shape index (κ2) is 11.1. The van der Waals surface area contributed by atoms with Crippen molar-refractivity contribution in [3.63, 3.8) is 0 Å². The number of likely N-dealkylation sites (tertiary alicyclic amines) is 1. The highest BCUT2D eigenvalue weighted by atomic mass is 32.2. The molecule has 39 heavy (non-hydrogen) atoms. The summed E-state index contributed by atoms with van der Waals surface area (Å²) in [5.74, 6) is 2.26. The van der Waals surface area contributed by atoms with Crippen molar-refractivity contribution < 1.29 is 8.42 Å². The number of sulfone groups is 1. The molecule has 0 N–H and O–H groups in total. The molecule has 0 amide bonds. The summed E-state index contributed by atoms with van der Waals surface area (Å²) in [6, 6.07) is 21.8. The molecular formula is C33H41N3O2S. The standard InChI is InChI=1S/C33H41N3O2S/c1-33(28-9-5-6-10-28,27-7-3-2-4-8-27)29-17-21-35(22-18-29)23-26-24-36(25-26)30-11-13-31(14-12-30)39(37,38)32-15-19-34-20-16-32/h2-4,7-8,11-16,19-20,26,28-29H,5-6,9-10,17-18,21-25H2,1H3. The first-order valence-electron chi connectivity index (χ1n) is 14.7. The van der Waals surface area contributed by atoms with Gasteiger partial charge < -0.3 is 9.80 Å². The molecular weight excluding hydrogens is 502 g/mol. The monoisotopic (exact) mass is 543 g/mol. The average Bonchev–Trinajstić information content (AvgIpc) is 3.52. The lowest BCUT2D eigenvalue weighted by atomic mass is 9.60. The van der Waals surface area contributed by atoms with Gasteiger partial charge in [0.15, 0.2) is 0 Å². The van der Waals surface area contributed by atoms with Gasteiger partial charge in [0.05, 0.1) is 9.79 Å². The SMILES string of the molecule is CC(c1ccccc1)(C1CCCC1)C1CCN(CC2CN(c3ccc(S(=O)(=O)c4ccncc4)cc3)C2)CC1. The second-order valence-electron chi connectivity index (χ2n) is 12.2. The lowest BCUT2D eigenvalue weighted by Crippen LogP contribution is -2.53. The average molecular weight is 544 g/mol. The van der Waals surface area contributed by atoms with E-state index in [-0.39, 0.29) is 4.90 Å². The first-order valence-corrected chi connectivity index (χ1v) is 16.2. The zero-order valence-corrected chi connectivity index (χ0v) is 23.9. The molecule has 1 aromatic heterocycles. The maximum absolute atomic E-state index is 12.9. The minimum atomic E-state index is -3.50. The van der Waals surface area contributed by atoms with Crippen molar-refractivity contribution in [2.24, 2.45) is 17.8 Å². The largest absolute Gasteiger partial charge is 0.371 e. The van der Waals surface area contributed by atoms with Crippen molar-refractivity contribution in [2.75, 3.05) is 37.6 Å². The number of anilines is 1. The second-order valence-corrected chi connectivity index (χ2v) is 14.1. The van der Waals surface area contributed by atoms with Crippen LogP contribution in [0.2, 0.25) is 0 Å². The van der Waals surface area contributed by atoms with E-state index in [1.165, 1.54) is 70.6 Å². The summed E-state index contributed by atoms with van der Waals surface area (Å²) in [5.41, 5.74) is 2.96. The summed E-state index contributed by atoms with van der Waals surface area (Å²) in [7, 11) is -3.50. The van der Waals surface area contributed by atoms with Crippen LogP contribution in [0.1, 0.15) is 51.0 Å². The van der Waals surface area contributed by atoms with Gasteiger partial charge in [-0.3, -0.25) is 4.98 Å². The topological polar surface area (TPSA) is 53.5 Å². The summed E-state index contributed by atoms with van der Waals surface area (Å²) in [5, 5.41) is 0. The predicted octanol–water partition coefficient (Wildman–Crippen LogP) is 6.21. The Morgan fingerprint density at radius 3 is 2.03 bits per heavy atom. The molecule has 1 aliphatic carbocycles. The lowest BCUT2D eigenvalue weighted by Gasteiger charge is -2.48. The van der Waals surface area contributed by atoms with Gasteiger partial charge in [0.1, 0.15) is 0 Å². The van der Waals surface area contributed by atoms with Gasteiger partial charge in [-0.1, -0.05) is 50.1 Å². The van der Waals surface area contributed by atoms with Crippen LogP contribution in [0.5, 0.6) is 0 Å². The molecule has 3 aliphatic rings. The number of piperidine rings is 1. The molecule has 0 bridgehead atoms. The molecule has 3 aromatic rings. The van der Waals surface area contributed by atoms with Gasteiger partial charge in [0, 0.05) is 43.6 Å². The Labute approximate surface area is 234 Å². The highest BCUT2D eigenvalue weighted by Crippen LogP contribution is 2.50. The maximum Gasteiger partial charge on any atom is 0.206 e. The molecule has 0 radical (unpaired) electrons. The van der Waals surface area contributed by atoms with Crippen molar-refractivity contribution in [3.8, 4) is 0 Å². The van der Waals surface area contributed by atoms with Gasteiger partial charge in [-0.05, 0) is 98.0 Å². The van der Waals surface area contributed by atoms with Crippen LogP contribution < -0.4 is 4.90 Å². The molecule has 6 rings (SSSR count). The normalized spacial score (nSPS) is 21.5. The fraction of sp³-hybridized carbons (Fsp3) is 0.485. The van der Waals surface area contributed by atoms with Crippen molar-refractivity contribution in [2.45, 2.75) is 60.7 Å². The minimum Gasteiger partial charge on any atom is -0.371 e. The first kappa shape index (κ1) is 26.5. The summed E-state index contributed by atoms with van der Waals surface area (Å²) in [4.78, 5) is 9.60. The highest BCUT2D eigenvalue weighted by molar-refractivity contribution is 7.91. The van der Waals surface area contributed by atoms with E-state index in [0.717, 1.165) is 30.6 Å². The molecule has 2 aromatic carbocycles. The van der Waals surface area contributed by atoms with E-state index in [1.54, 1.807) is 29.8 Å². The fourth-order valence-electron chi connectivity index (χ4n) is 7.59. The third-order valence-electron chi connectivity index (χ3n) is 9.98. The van der Waals surface area contributed by atoms with E-state index >= 15 is 0 Å². The zero-order chi connectivity index (χ0) is 26.9. The summed E-state index contributed by atoms with van der Waals surface area (Å²) in [6.07, 6.45) is 11.2. The smallest absolute Gasteiger partial charge is 0.206 e. The summed E-state index contributed by atoms with van der Waals surface area (Å²) in [6.45, 7) is 8.25. The number of rotatable bonds is 8. The lowest BCUT2D eigenvalue weighted by molar-refractivity contribution is 0.0860. The van der Waals surface area contributed by atoms with Gasteiger partial charge >= 0.3 is 0 Å². The Bertz CT molecular complexity index is 1330. The van der Waals surface area contributed by atoms with Gasteiger partial charge in [-0.2, -0.15) is 0 Å². The van der Waals surface area contributed by atoms with E-state index in [4.69, 9.17) is 0 Å². The van der Waals surface area contributed by atoms with Crippen molar-refractivity contribution >= 4 is 15.5 Å². The quantitative estimate of drug-likeness (QED) is 0.338. The third-order valence-corrected chi connectivity index (χ3v) is 11.8. The number of nitrogens with zero attached hydrogens (tertiary/aromatic N) is 3. The van der Waals surface area contributed by atoms with Crippen LogP contribution in [0.4, 0.5) is 5.69 Å². The Kier molecular flexibility index (Phi) is 7.52. The Hall–Kier alpha value is -2.70. The van der Waals surface area contributed by atoms with Crippen LogP contribution in [-0.4, -0.2) is 51.0 Å². The molecule has 2 aliphatic heterocycles. The van der Waals surface area contributed by atoms with Crippen LogP contribution in [0.15, 0.2) is 88.9 Å². The van der Waals surface area contributed by atoms with Crippen molar-refractivity contribution in [1.82, 2.24) is 9.88 Å². The maximum atomic E-state index is 12.9. The van der Waals surface area contributed by atoms with E-state index in [9.17, 15) is 8.42 Å². The van der Waals surface area contributed by atoms with Crippen LogP contribution in [0, 0.1) is 17.8 Å². The van der Waals surface area contributed by atoms with Gasteiger partial charge in [0.25, 0.3) is 0 Å². The van der Waals surface area contributed by atoms with E-state index in [0.29, 0.717) is 16.2 Å². The molecule has 3 heterocycles. The predicted molar refractivity (Wildman–Crippen MR) is 157 cm³/mol. The molecule has 206 valence electrons. The minimum absolute atomic E-state index is 0.283. The van der Waals surface area contributed by atoms with Gasteiger partial charge in [0.2, 0.25) is 9.84 Å². The third kappa shape index (κ3) is 5.26. The Balaban J connectivity index is 1.02. The van der Waals surface area contributed by atoms with E-state index in [1.807, 2.05) is 12.1 Å². The van der Waals surface area contributed by atoms with Crippen LogP contribution in [-0.2, 0) is 15.3 Å². The number of hydrogen-bond donors (Lipinski definition) is 0. The van der Waals surface area contributed by atoms with Crippen molar-refractivity contribution in [3.05, 3.63) is 84.7 Å². The fourth-order valence-corrected chi connectivity index (χ4v) is 8.84. The molecule has 6 heteroatoms. The molecule has 1 unspecified atom stereocenters. The number of aromatic nitrogens is 1. The summed E-state index contributed by atoms with van der Waals surface area (Å²) < 4.78 is 25.7. The van der Waals surface area contributed by atoms with Crippen LogP contribution >= 0.6 is 0 Å². The summed E-state index contributed by atoms with van der Waals surface area (Å²) >= 11 is 0. The molecule has 5 nitrogen and oxygen atoms in total.